The Bertz CT molecular complexity index is 852. The minimum Gasteiger partial charge on any atom is -0.324 e. The van der Waals surface area contributed by atoms with Crippen LogP contribution in [0.3, 0.4) is 0 Å². The van der Waals surface area contributed by atoms with Crippen molar-refractivity contribution in [2.24, 2.45) is 0 Å². The van der Waals surface area contributed by atoms with Crippen LogP contribution in [0, 0.1) is 0 Å². The van der Waals surface area contributed by atoms with Gasteiger partial charge in [0.2, 0.25) is 5.95 Å². The third-order valence-electron chi connectivity index (χ3n) is 3.79. The molecule has 0 saturated carbocycles. The van der Waals surface area contributed by atoms with Gasteiger partial charge in [-0.15, -0.1) is 5.10 Å². The quantitative estimate of drug-likeness (QED) is 0.755. The van der Waals surface area contributed by atoms with Gasteiger partial charge in [-0.05, 0) is 36.2 Å². The molecule has 0 unspecified atom stereocenters. The first kappa shape index (κ1) is 14.1. The summed E-state index contributed by atoms with van der Waals surface area (Å²) in [5, 5.41) is 11.4. The van der Waals surface area contributed by atoms with Gasteiger partial charge in [-0.2, -0.15) is 10.1 Å². The zero-order valence-electron chi connectivity index (χ0n) is 12.3. The molecule has 6 heteroatoms. The summed E-state index contributed by atoms with van der Waals surface area (Å²) in [6.45, 7) is 0.911. The van der Waals surface area contributed by atoms with Crippen molar-refractivity contribution in [2.75, 3.05) is 16.8 Å². The second-order valence-electron chi connectivity index (χ2n) is 5.30. The number of nitrogens with one attached hydrogen (secondary N) is 1. The fraction of sp³-hybridized carbons (Fsp3) is 0.118. The van der Waals surface area contributed by atoms with Crippen LogP contribution in [0.15, 0.2) is 59.2 Å². The molecule has 2 aromatic carbocycles. The van der Waals surface area contributed by atoms with Crippen molar-refractivity contribution in [1.82, 2.24) is 15.2 Å². The van der Waals surface area contributed by atoms with Crippen molar-refractivity contribution < 1.29 is 0 Å². The van der Waals surface area contributed by atoms with Crippen LogP contribution in [0.5, 0.6) is 0 Å². The number of rotatable bonds is 3. The zero-order valence-corrected chi connectivity index (χ0v) is 13.9. The second kappa shape index (κ2) is 5.96. The Balaban J connectivity index is 1.62. The maximum atomic E-state index is 4.60. The van der Waals surface area contributed by atoms with E-state index in [0.717, 1.165) is 28.9 Å². The van der Waals surface area contributed by atoms with Crippen molar-refractivity contribution in [2.45, 2.75) is 6.42 Å². The van der Waals surface area contributed by atoms with E-state index in [9.17, 15) is 0 Å². The number of halogens is 1. The molecule has 0 aliphatic carbocycles. The lowest BCUT2D eigenvalue weighted by atomic mass is 10.2. The minimum atomic E-state index is 0.491. The van der Waals surface area contributed by atoms with Gasteiger partial charge in [0.15, 0.2) is 5.82 Å². The highest BCUT2D eigenvalue weighted by Gasteiger charge is 2.21. The molecule has 0 spiro atoms. The maximum absolute atomic E-state index is 4.60. The van der Waals surface area contributed by atoms with E-state index in [0.29, 0.717) is 5.95 Å². The molecule has 0 bridgehead atoms. The molecular formula is C17H14BrN5. The van der Waals surface area contributed by atoms with Crippen LogP contribution < -0.4 is 10.2 Å². The average Bonchev–Trinajstić information content (AvgIpc) is 2.99. The molecular weight excluding hydrogens is 354 g/mol. The summed E-state index contributed by atoms with van der Waals surface area (Å²) < 4.78 is 1.00. The van der Waals surface area contributed by atoms with Gasteiger partial charge in [-0.25, -0.2) is 0 Å². The van der Waals surface area contributed by atoms with Crippen molar-refractivity contribution in [1.29, 1.82) is 0 Å². The van der Waals surface area contributed by atoms with Gasteiger partial charge >= 0.3 is 0 Å². The van der Waals surface area contributed by atoms with E-state index in [2.05, 4.69) is 59.5 Å². The van der Waals surface area contributed by atoms with Crippen molar-refractivity contribution in [3.8, 4) is 0 Å². The molecule has 5 nitrogen and oxygen atoms in total. The normalized spacial score (nSPS) is 13.0. The van der Waals surface area contributed by atoms with Gasteiger partial charge in [-0.1, -0.05) is 40.2 Å². The molecule has 0 amide bonds. The lowest BCUT2D eigenvalue weighted by Gasteiger charge is -2.18. The largest absolute Gasteiger partial charge is 0.324 e. The summed E-state index contributed by atoms with van der Waals surface area (Å²) in [6, 6.07) is 16.3. The minimum absolute atomic E-state index is 0.491. The molecule has 0 atom stereocenters. The van der Waals surface area contributed by atoms with Gasteiger partial charge in [0, 0.05) is 22.4 Å². The molecule has 3 aromatic rings. The summed E-state index contributed by atoms with van der Waals surface area (Å²) in [5.74, 6) is 1.30. The first-order chi connectivity index (χ1) is 11.3. The van der Waals surface area contributed by atoms with Gasteiger partial charge in [-0.3, -0.25) is 0 Å². The summed E-state index contributed by atoms with van der Waals surface area (Å²) in [5.41, 5.74) is 3.45. The van der Waals surface area contributed by atoms with Crippen LogP contribution in [0.2, 0.25) is 0 Å². The highest BCUT2D eigenvalue weighted by atomic mass is 79.9. The summed E-state index contributed by atoms with van der Waals surface area (Å²) in [4.78, 5) is 6.78. The molecule has 1 N–H and O–H groups in total. The van der Waals surface area contributed by atoms with Crippen LogP contribution in [0.4, 0.5) is 23.1 Å². The molecule has 1 aromatic heterocycles. The first-order valence-electron chi connectivity index (χ1n) is 7.37. The number of anilines is 4. The molecule has 0 fully saturated rings. The molecule has 1 aliphatic heterocycles. The summed E-state index contributed by atoms with van der Waals surface area (Å²) in [7, 11) is 0. The SMILES string of the molecule is Brc1cccc(Nc2nncc(N3CCc4ccccc43)n2)c1. The van der Waals surface area contributed by atoms with Crippen LogP contribution in [0.25, 0.3) is 0 Å². The predicted octanol–water partition coefficient (Wildman–Crippen LogP) is 4.07. The van der Waals surface area contributed by atoms with Crippen LogP contribution >= 0.6 is 15.9 Å². The van der Waals surface area contributed by atoms with E-state index in [1.807, 2.05) is 30.3 Å². The Morgan fingerprint density at radius 1 is 1.09 bits per heavy atom. The van der Waals surface area contributed by atoms with E-state index in [4.69, 9.17) is 0 Å². The number of para-hydroxylation sites is 1. The number of hydrogen-bond acceptors (Lipinski definition) is 5. The Labute approximate surface area is 142 Å². The molecule has 23 heavy (non-hydrogen) atoms. The second-order valence-corrected chi connectivity index (χ2v) is 6.22. The van der Waals surface area contributed by atoms with Crippen LogP contribution in [0.1, 0.15) is 5.56 Å². The topological polar surface area (TPSA) is 53.9 Å². The van der Waals surface area contributed by atoms with Crippen LogP contribution in [-0.2, 0) is 6.42 Å². The number of nitrogens with zero attached hydrogens (tertiary/aromatic N) is 4. The first-order valence-corrected chi connectivity index (χ1v) is 8.17. The van der Waals surface area contributed by atoms with Crippen molar-refractivity contribution in [3.63, 3.8) is 0 Å². The average molecular weight is 368 g/mol. The molecule has 0 saturated heterocycles. The summed E-state index contributed by atoms with van der Waals surface area (Å²) in [6.07, 6.45) is 2.72. The Kier molecular flexibility index (Phi) is 3.67. The van der Waals surface area contributed by atoms with Crippen molar-refractivity contribution >= 4 is 39.1 Å². The number of hydrogen-bond donors (Lipinski definition) is 1. The zero-order chi connectivity index (χ0) is 15.6. The van der Waals surface area contributed by atoms with E-state index < -0.39 is 0 Å². The van der Waals surface area contributed by atoms with Gasteiger partial charge in [0.25, 0.3) is 0 Å². The number of benzene rings is 2. The molecule has 114 valence electrons. The van der Waals surface area contributed by atoms with Crippen molar-refractivity contribution in [3.05, 3.63) is 64.8 Å². The van der Waals surface area contributed by atoms with Gasteiger partial charge in [0.05, 0.1) is 6.20 Å². The smallest absolute Gasteiger partial charge is 0.249 e. The molecule has 0 radical (unpaired) electrons. The predicted molar refractivity (Wildman–Crippen MR) is 94.4 cm³/mol. The maximum Gasteiger partial charge on any atom is 0.249 e. The Morgan fingerprint density at radius 3 is 2.91 bits per heavy atom. The standard InChI is InChI=1S/C17H14BrN5/c18-13-5-3-6-14(10-13)20-17-21-16(11-19-22-17)23-9-8-12-4-1-2-7-15(12)23/h1-7,10-11H,8-9H2,(H,20,21,22). The summed E-state index contributed by atoms with van der Waals surface area (Å²) >= 11 is 3.46. The van der Waals surface area contributed by atoms with E-state index in [1.165, 1.54) is 11.3 Å². The number of aromatic nitrogens is 3. The van der Waals surface area contributed by atoms with Gasteiger partial charge in [0.1, 0.15) is 0 Å². The third-order valence-corrected chi connectivity index (χ3v) is 4.28. The highest BCUT2D eigenvalue weighted by molar-refractivity contribution is 9.10. The Morgan fingerprint density at radius 2 is 2.00 bits per heavy atom. The monoisotopic (exact) mass is 367 g/mol. The molecule has 4 rings (SSSR count). The number of fused-ring (bicyclic) bond motifs is 1. The van der Waals surface area contributed by atoms with E-state index in [-0.39, 0.29) is 0 Å². The Hall–Kier alpha value is -2.47. The third kappa shape index (κ3) is 2.90. The van der Waals surface area contributed by atoms with E-state index >= 15 is 0 Å². The lowest BCUT2D eigenvalue weighted by Crippen LogP contribution is -2.16. The fourth-order valence-corrected chi connectivity index (χ4v) is 3.15. The fourth-order valence-electron chi connectivity index (χ4n) is 2.75. The molecule has 2 heterocycles. The van der Waals surface area contributed by atoms with E-state index in [1.54, 1.807) is 6.20 Å². The lowest BCUT2D eigenvalue weighted by molar-refractivity contribution is 0.920. The van der Waals surface area contributed by atoms with Gasteiger partial charge < -0.3 is 10.2 Å². The highest BCUT2D eigenvalue weighted by Crippen LogP contribution is 2.33. The van der Waals surface area contributed by atoms with Crippen LogP contribution in [-0.4, -0.2) is 21.7 Å². The molecule has 1 aliphatic rings.